The van der Waals surface area contributed by atoms with E-state index in [1.54, 1.807) is 35.4 Å². The van der Waals surface area contributed by atoms with Crippen LogP contribution < -0.4 is 10.1 Å². The van der Waals surface area contributed by atoms with Gasteiger partial charge in [0, 0.05) is 22.6 Å². The van der Waals surface area contributed by atoms with Crippen LogP contribution in [0.5, 0.6) is 11.5 Å². The Hall–Kier alpha value is -2.60. The summed E-state index contributed by atoms with van der Waals surface area (Å²) in [5, 5.41) is 2.83. The first-order valence-electron chi connectivity index (χ1n) is 6.98. The molecule has 0 bridgehead atoms. The third-order valence-corrected chi connectivity index (χ3v) is 3.60. The monoisotopic (exact) mass is 371 g/mol. The number of hydrogen-bond donors (Lipinski definition) is 1. The molecule has 0 saturated heterocycles. The number of benzene rings is 2. The van der Waals surface area contributed by atoms with Gasteiger partial charge in [0.25, 0.3) is 0 Å². The van der Waals surface area contributed by atoms with Gasteiger partial charge in [-0.25, -0.2) is 4.98 Å². The molecule has 0 fully saturated rings. The smallest absolute Gasteiger partial charge is 0.244 e. The Balaban J connectivity index is 1.58. The van der Waals surface area contributed by atoms with E-state index in [-0.39, 0.29) is 12.5 Å². The molecular formula is C17H14BrN3O2. The number of imidazole rings is 1. The Labute approximate surface area is 142 Å². The maximum absolute atomic E-state index is 11.9. The highest BCUT2D eigenvalue weighted by atomic mass is 79.9. The lowest BCUT2D eigenvalue weighted by atomic mass is 10.3. The number of ether oxygens (including phenoxy) is 1. The molecule has 1 N–H and O–H groups in total. The van der Waals surface area contributed by atoms with Gasteiger partial charge in [0.05, 0.1) is 6.33 Å². The average Bonchev–Trinajstić information content (AvgIpc) is 3.04. The third-order valence-electron chi connectivity index (χ3n) is 3.07. The summed E-state index contributed by atoms with van der Waals surface area (Å²) < 4.78 is 8.44. The number of carbonyl (C=O) groups excluding carboxylic acids is 1. The zero-order chi connectivity index (χ0) is 16.1. The third kappa shape index (κ3) is 4.43. The summed E-state index contributed by atoms with van der Waals surface area (Å²) in [5.74, 6) is 1.36. The number of nitrogens with one attached hydrogen (secondary N) is 1. The van der Waals surface area contributed by atoms with E-state index >= 15 is 0 Å². The summed E-state index contributed by atoms with van der Waals surface area (Å²) in [6.07, 6.45) is 4.99. The summed E-state index contributed by atoms with van der Waals surface area (Å²) in [6, 6.07) is 14.8. The number of nitrogens with zero attached hydrogens (tertiary/aromatic N) is 2. The van der Waals surface area contributed by atoms with Gasteiger partial charge in [-0.15, -0.1) is 0 Å². The maximum atomic E-state index is 11.9. The predicted molar refractivity (Wildman–Crippen MR) is 91.5 cm³/mol. The van der Waals surface area contributed by atoms with Crippen molar-refractivity contribution in [2.24, 2.45) is 0 Å². The van der Waals surface area contributed by atoms with E-state index < -0.39 is 0 Å². The molecule has 0 atom stereocenters. The molecule has 0 unspecified atom stereocenters. The van der Waals surface area contributed by atoms with E-state index in [1.807, 2.05) is 36.4 Å². The topological polar surface area (TPSA) is 56.2 Å². The van der Waals surface area contributed by atoms with Crippen molar-refractivity contribution in [1.29, 1.82) is 0 Å². The zero-order valence-corrected chi connectivity index (χ0v) is 13.7. The Morgan fingerprint density at radius 3 is 2.35 bits per heavy atom. The van der Waals surface area contributed by atoms with Gasteiger partial charge < -0.3 is 14.6 Å². The molecule has 1 heterocycles. The Bertz CT molecular complexity index is 769. The minimum absolute atomic E-state index is 0.107. The van der Waals surface area contributed by atoms with Crippen LogP contribution in [0.4, 0.5) is 5.69 Å². The van der Waals surface area contributed by atoms with Crippen molar-refractivity contribution in [3.05, 3.63) is 71.7 Å². The molecule has 0 spiro atoms. The molecule has 0 aliphatic carbocycles. The van der Waals surface area contributed by atoms with Gasteiger partial charge >= 0.3 is 0 Å². The predicted octanol–water partition coefficient (Wildman–Crippen LogP) is 4.08. The van der Waals surface area contributed by atoms with Crippen molar-refractivity contribution in [1.82, 2.24) is 9.55 Å². The van der Waals surface area contributed by atoms with Crippen molar-refractivity contribution in [2.75, 3.05) is 5.32 Å². The Morgan fingerprint density at radius 2 is 1.74 bits per heavy atom. The minimum Gasteiger partial charge on any atom is -0.457 e. The molecule has 3 aromatic rings. The van der Waals surface area contributed by atoms with Crippen molar-refractivity contribution < 1.29 is 9.53 Å². The fourth-order valence-corrected chi connectivity index (χ4v) is 2.26. The van der Waals surface area contributed by atoms with Crippen LogP contribution in [0.2, 0.25) is 0 Å². The summed E-state index contributed by atoms with van der Waals surface area (Å²) in [7, 11) is 0. The van der Waals surface area contributed by atoms with Crippen LogP contribution in [0.15, 0.2) is 71.7 Å². The minimum atomic E-state index is -0.107. The second-order valence-corrected chi connectivity index (χ2v) is 5.78. The van der Waals surface area contributed by atoms with Crippen molar-refractivity contribution in [3.8, 4) is 11.5 Å². The normalized spacial score (nSPS) is 10.3. The fraction of sp³-hybridized carbons (Fsp3) is 0.0588. The highest BCUT2D eigenvalue weighted by molar-refractivity contribution is 9.10. The molecule has 0 aliphatic heterocycles. The number of hydrogen-bond acceptors (Lipinski definition) is 3. The molecule has 1 amide bonds. The zero-order valence-electron chi connectivity index (χ0n) is 12.1. The van der Waals surface area contributed by atoms with Crippen molar-refractivity contribution in [3.63, 3.8) is 0 Å². The van der Waals surface area contributed by atoms with E-state index in [4.69, 9.17) is 4.74 Å². The number of anilines is 1. The molecule has 1 aromatic heterocycles. The van der Waals surface area contributed by atoms with Crippen LogP contribution in [0.3, 0.4) is 0 Å². The van der Waals surface area contributed by atoms with Gasteiger partial charge in [0.2, 0.25) is 5.91 Å². The van der Waals surface area contributed by atoms with Crippen LogP contribution in [-0.2, 0) is 11.3 Å². The van der Waals surface area contributed by atoms with Crippen LogP contribution in [0, 0.1) is 0 Å². The number of halogens is 1. The average molecular weight is 372 g/mol. The summed E-state index contributed by atoms with van der Waals surface area (Å²) in [5.41, 5.74) is 0.721. The van der Waals surface area contributed by atoms with Gasteiger partial charge in [-0.1, -0.05) is 15.9 Å². The Kier molecular flexibility index (Phi) is 4.73. The number of carbonyl (C=O) groups is 1. The molecule has 0 saturated carbocycles. The molecule has 116 valence electrons. The summed E-state index contributed by atoms with van der Waals surface area (Å²) in [6.45, 7) is 0.233. The van der Waals surface area contributed by atoms with Crippen LogP contribution >= 0.6 is 15.9 Å². The molecule has 2 aromatic carbocycles. The molecular weight excluding hydrogens is 358 g/mol. The summed E-state index contributed by atoms with van der Waals surface area (Å²) in [4.78, 5) is 15.8. The van der Waals surface area contributed by atoms with Gasteiger partial charge in [0.15, 0.2) is 0 Å². The molecule has 0 aliphatic rings. The number of amides is 1. The highest BCUT2D eigenvalue weighted by Gasteiger charge is 2.04. The van der Waals surface area contributed by atoms with Gasteiger partial charge in [-0.05, 0) is 48.5 Å². The first kappa shape index (κ1) is 15.3. The van der Waals surface area contributed by atoms with Crippen LogP contribution in [-0.4, -0.2) is 15.5 Å². The number of aromatic nitrogens is 2. The van der Waals surface area contributed by atoms with Crippen LogP contribution in [0.1, 0.15) is 0 Å². The largest absolute Gasteiger partial charge is 0.457 e. The lowest BCUT2D eigenvalue weighted by Gasteiger charge is -2.08. The van der Waals surface area contributed by atoms with Gasteiger partial charge in [0.1, 0.15) is 18.0 Å². The molecule has 23 heavy (non-hydrogen) atoms. The molecule has 5 nitrogen and oxygen atoms in total. The quantitative estimate of drug-likeness (QED) is 0.735. The van der Waals surface area contributed by atoms with E-state index in [2.05, 4.69) is 26.2 Å². The van der Waals surface area contributed by atoms with Crippen molar-refractivity contribution in [2.45, 2.75) is 6.54 Å². The molecule has 3 rings (SSSR count). The van der Waals surface area contributed by atoms with E-state index in [0.29, 0.717) is 5.75 Å². The van der Waals surface area contributed by atoms with Crippen LogP contribution in [0.25, 0.3) is 0 Å². The lowest BCUT2D eigenvalue weighted by Crippen LogP contribution is -2.17. The summed E-state index contributed by atoms with van der Waals surface area (Å²) >= 11 is 3.38. The maximum Gasteiger partial charge on any atom is 0.244 e. The van der Waals surface area contributed by atoms with E-state index in [1.165, 1.54) is 0 Å². The van der Waals surface area contributed by atoms with E-state index in [9.17, 15) is 4.79 Å². The lowest BCUT2D eigenvalue weighted by molar-refractivity contribution is -0.116. The van der Waals surface area contributed by atoms with Crippen molar-refractivity contribution >= 4 is 27.5 Å². The first-order chi connectivity index (χ1) is 11.2. The molecule has 0 radical (unpaired) electrons. The second kappa shape index (κ2) is 7.11. The molecule has 6 heteroatoms. The fourth-order valence-electron chi connectivity index (χ4n) is 1.99. The van der Waals surface area contributed by atoms with Gasteiger partial charge in [-0.3, -0.25) is 4.79 Å². The van der Waals surface area contributed by atoms with E-state index in [0.717, 1.165) is 15.9 Å². The first-order valence-corrected chi connectivity index (χ1v) is 7.77. The Morgan fingerprint density at radius 1 is 1.09 bits per heavy atom. The standard InChI is InChI=1S/C17H14BrN3O2/c18-13-1-5-15(6-2-13)23-16-7-3-14(4-8-16)20-17(22)11-21-10-9-19-12-21/h1-10,12H,11H2,(H,20,22). The highest BCUT2D eigenvalue weighted by Crippen LogP contribution is 2.24. The number of rotatable bonds is 5. The van der Waals surface area contributed by atoms with Gasteiger partial charge in [-0.2, -0.15) is 0 Å². The second-order valence-electron chi connectivity index (χ2n) is 4.86. The SMILES string of the molecule is O=C(Cn1ccnc1)Nc1ccc(Oc2ccc(Br)cc2)cc1.